The van der Waals surface area contributed by atoms with Crippen LogP contribution >= 0.6 is 0 Å². The number of carbonyl (C=O) groups excluding carboxylic acids is 2. The van der Waals surface area contributed by atoms with Crippen LogP contribution in [0.25, 0.3) is 28.2 Å². The number of benzene rings is 2. The molecule has 4 rings (SSSR count). The van der Waals surface area contributed by atoms with E-state index >= 15 is 0 Å². The number of pyridine rings is 1. The summed E-state index contributed by atoms with van der Waals surface area (Å²) in [5, 5.41) is 16.8. The molecule has 0 radical (unpaired) electrons. The monoisotopic (exact) mass is 520 g/mol. The topological polar surface area (TPSA) is 141 Å². The Morgan fingerprint density at radius 1 is 1.08 bits per heavy atom. The maximum Gasteiger partial charge on any atom is 0.319 e. The fourth-order valence-corrected chi connectivity index (χ4v) is 3.85. The highest BCUT2D eigenvalue weighted by Gasteiger charge is 2.20. The lowest BCUT2D eigenvalue weighted by Gasteiger charge is -2.18. The van der Waals surface area contributed by atoms with E-state index in [0.717, 1.165) is 16.3 Å². The first-order valence-electron chi connectivity index (χ1n) is 11.8. The Kier molecular flexibility index (Phi) is 7.70. The second-order valence-corrected chi connectivity index (χ2v) is 9.11. The lowest BCUT2D eigenvalue weighted by atomic mass is 10.0. The van der Waals surface area contributed by atoms with E-state index in [9.17, 15) is 18.4 Å². The first-order valence-corrected chi connectivity index (χ1v) is 11.8. The molecule has 0 saturated carbocycles. The predicted molar refractivity (Wildman–Crippen MR) is 138 cm³/mol. The van der Waals surface area contributed by atoms with Crippen LogP contribution in [0.2, 0.25) is 0 Å². The molecule has 0 saturated heterocycles. The summed E-state index contributed by atoms with van der Waals surface area (Å²) >= 11 is 0. The molecule has 196 valence electrons. The van der Waals surface area contributed by atoms with Crippen LogP contribution in [0.4, 0.5) is 25.1 Å². The van der Waals surface area contributed by atoms with Crippen LogP contribution in [0.15, 0.2) is 54.7 Å². The average Bonchev–Trinajstić information content (AvgIpc) is 3.35. The van der Waals surface area contributed by atoms with E-state index in [4.69, 9.17) is 5.73 Å². The lowest BCUT2D eigenvalue weighted by molar-refractivity contribution is -0.119. The van der Waals surface area contributed by atoms with Gasteiger partial charge in [0, 0.05) is 17.4 Å². The Morgan fingerprint density at radius 2 is 1.82 bits per heavy atom. The molecule has 0 fully saturated rings. The summed E-state index contributed by atoms with van der Waals surface area (Å²) in [5.41, 5.74) is 8.12. The molecule has 2 aromatic heterocycles. The number of tetrazole rings is 1. The number of carbonyl (C=O) groups is 2. The smallest absolute Gasteiger partial charge is 0.319 e. The summed E-state index contributed by atoms with van der Waals surface area (Å²) in [6.45, 7) is 5.40. The van der Waals surface area contributed by atoms with Crippen molar-refractivity contribution in [1.82, 2.24) is 30.5 Å². The molecular formula is C26H26F2N8O2. The Balaban J connectivity index is 1.56. The van der Waals surface area contributed by atoms with Crippen LogP contribution in [-0.2, 0) is 4.79 Å². The molecule has 0 unspecified atom stereocenters. The molecule has 12 heteroatoms. The van der Waals surface area contributed by atoms with Crippen LogP contribution < -0.4 is 16.4 Å². The number of amides is 2. The summed E-state index contributed by atoms with van der Waals surface area (Å²) in [7, 11) is 0. The van der Waals surface area contributed by atoms with E-state index in [0.29, 0.717) is 23.2 Å². The first-order chi connectivity index (χ1) is 18.1. The molecule has 38 heavy (non-hydrogen) atoms. The first kappa shape index (κ1) is 26.3. The van der Waals surface area contributed by atoms with Gasteiger partial charge in [0.2, 0.25) is 0 Å². The average molecular weight is 521 g/mol. The summed E-state index contributed by atoms with van der Waals surface area (Å²) in [6, 6.07) is 11.2. The molecule has 0 aliphatic heterocycles. The van der Waals surface area contributed by atoms with Crippen LogP contribution in [0.3, 0.4) is 0 Å². The number of urea groups is 1. The zero-order valence-electron chi connectivity index (χ0n) is 20.9. The standard InChI is InChI=1S/C26H26F2N8O2/c1-14(2)11-21(15(3)37)32-26(38)31-18-9-7-16(8-10-18)17-12-19(24(29)30-13-17)25-33-34-35-36(25)22-6-4-5-20(27)23(22)28/h4-10,12-14,21H,11H2,1-3H3,(H2,29,30)(H2,31,32,38)/t21-/m0/s1. The molecule has 2 heterocycles. The van der Waals surface area contributed by atoms with Crippen LogP contribution in [0.5, 0.6) is 0 Å². The van der Waals surface area contributed by atoms with E-state index < -0.39 is 23.7 Å². The van der Waals surface area contributed by atoms with Crippen molar-refractivity contribution >= 4 is 23.3 Å². The van der Waals surface area contributed by atoms with Crippen molar-refractivity contribution in [3.05, 3.63) is 66.4 Å². The molecule has 4 N–H and O–H groups in total. The molecule has 4 aromatic rings. The van der Waals surface area contributed by atoms with Crippen molar-refractivity contribution in [2.24, 2.45) is 5.92 Å². The third kappa shape index (κ3) is 5.80. The molecule has 2 aromatic carbocycles. The fraction of sp³-hybridized carbons (Fsp3) is 0.231. The number of aromatic nitrogens is 5. The zero-order valence-corrected chi connectivity index (χ0v) is 20.9. The molecule has 0 aliphatic rings. The van der Waals surface area contributed by atoms with Gasteiger partial charge in [0.05, 0.1) is 11.6 Å². The number of anilines is 2. The van der Waals surface area contributed by atoms with Gasteiger partial charge in [-0.05, 0) is 65.6 Å². The van der Waals surface area contributed by atoms with Crippen LogP contribution in [0, 0.1) is 17.6 Å². The fourth-order valence-electron chi connectivity index (χ4n) is 3.85. The number of Topliss-reactive ketones (excluding diaryl/α,β-unsaturated/α-hetero) is 1. The summed E-state index contributed by atoms with van der Waals surface area (Å²) in [5.74, 6) is -1.82. The highest BCUT2D eigenvalue weighted by atomic mass is 19.2. The number of ketones is 1. The Labute approximate surface area is 217 Å². The second-order valence-electron chi connectivity index (χ2n) is 9.11. The number of nitrogens with zero attached hydrogens (tertiary/aromatic N) is 5. The predicted octanol–water partition coefficient (Wildman–Crippen LogP) is 4.38. The SMILES string of the molecule is CC(=O)[C@H](CC(C)C)NC(=O)Nc1ccc(-c2cnc(N)c(-c3nnnn3-c3cccc(F)c3F)c2)cc1. The quantitative estimate of drug-likeness (QED) is 0.313. The summed E-state index contributed by atoms with van der Waals surface area (Å²) < 4.78 is 29.2. The van der Waals surface area contributed by atoms with Gasteiger partial charge in [0.15, 0.2) is 23.2 Å². The van der Waals surface area contributed by atoms with Gasteiger partial charge in [0.25, 0.3) is 0 Å². The summed E-state index contributed by atoms with van der Waals surface area (Å²) in [4.78, 5) is 28.5. The molecular weight excluding hydrogens is 494 g/mol. The van der Waals surface area contributed by atoms with Crippen molar-refractivity contribution in [2.45, 2.75) is 33.2 Å². The number of halogens is 2. The van der Waals surface area contributed by atoms with E-state index in [1.165, 1.54) is 19.1 Å². The van der Waals surface area contributed by atoms with Gasteiger partial charge < -0.3 is 16.4 Å². The highest BCUT2D eigenvalue weighted by molar-refractivity contribution is 5.94. The number of hydrogen-bond acceptors (Lipinski definition) is 7. The Morgan fingerprint density at radius 3 is 2.50 bits per heavy atom. The van der Waals surface area contributed by atoms with Crippen molar-refractivity contribution < 1.29 is 18.4 Å². The maximum atomic E-state index is 14.4. The molecule has 0 bridgehead atoms. The zero-order chi connectivity index (χ0) is 27.4. The molecule has 10 nitrogen and oxygen atoms in total. The molecule has 0 spiro atoms. The minimum atomic E-state index is -1.10. The van der Waals surface area contributed by atoms with Crippen molar-refractivity contribution in [3.8, 4) is 28.2 Å². The van der Waals surface area contributed by atoms with Crippen molar-refractivity contribution in [2.75, 3.05) is 11.1 Å². The molecule has 1 atom stereocenters. The van der Waals surface area contributed by atoms with Crippen LogP contribution in [-0.4, -0.2) is 43.0 Å². The summed E-state index contributed by atoms with van der Waals surface area (Å²) in [6.07, 6.45) is 2.09. The van der Waals surface area contributed by atoms with E-state index in [1.807, 2.05) is 13.8 Å². The highest BCUT2D eigenvalue weighted by Crippen LogP contribution is 2.30. The number of rotatable bonds is 8. The van der Waals surface area contributed by atoms with Gasteiger partial charge in [0.1, 0.15) is 11.5 Å². The van der Waals surface area contributed by atoms with Gasteiger partial charge >= 0.3 is 6.03 Å². The molecule has 0 aliphatic carbocycles. The number of hydrogen-bond donors (Lipinski definition) is 3. The normalized spacial score (nSPS) is 11.8. The second kappa shape index (κ2) is 11.1. The lowest BCUT2D eigenvalue weighted by Crippen LogP contribution is -2.42. The third-order valence-electron chi connectivity index (χ3n) is 5.77. The van der Waals surface area contributed by atoms with Gasteiger partial charge in [-0.15, -0.1) is 5.10 Å². The van der Waals surface area contributed by atoms with Gasteiger partial charge in [-0.1, -0.05) is 32.0 Å². The Hall–Kier alpha value is -4.74. The van der Waals surface area contributed by atoms with Crippen molar-refractivity contribution in [3.63, 3.8) is 0 Å². The van der Waals surface area contributed by atoms with E-state index in [2.05, 4.69) is 31.1 Å². The molecule has 2 amide bonds. The number of nitrogens with two attached hydrogens (primary N) is 1. The number of nitrogen functional groups attached to an aromatic ring is 1. The van der Waals surface area contributed by atoms with Gasteiger partial charge in [-0.2, -0.15) is 4.68 Å². The Bertz CT molecular complexity index is 1470. The largest absolute Gasteiger partial charge is 0.383 e. The number of nitrogens with one attached hydrogen (secondary N) is 2. The third-order valence-corrected chi connectivity index (χ3v) is 5.77. The van der Waals surface area contributed by atoms with Crippen molar-refractivity contribution in [1.29, 1.82) is 0 Å². The van der Waals surface area contributed by atoms with Crippen LogP contribution in [0.1, 0.15) is 27.2 Å². The maximum absolute atomic E-state index is 14.4. The minimum Gasteiger partial charge on any atom is -0.383 e. The minimum absolute atomic E-state index is 0.0812. The van der Waals surface area contributed by atoms with Gasteiger partial charge in [-0.25, -0.2) is 18.6 Å². The van der Waals surface area contributed by atoms with Gasteiger partial charge in [-0.3, -0.25) is 4.79 Å². The van der Waals surface area contributed by atoms with E-state index in [-0.39, 0.29) is 29.0 Å². The van der Waals surface area contributed by atoms with E-state index in [1.54, 1.807) is 36.5 Å².